The van der Waals surface area contributed by atoms with E-state index in [1.54, 1.807) is 0 Å². The lowest BCUT2D eigenvalue weighted by Crippen LogP contribution is -2.54. The van der Waals surface area contributed by atoms with E-state index in [-0.39, 0.29) is 5.54 Å². The SMILES string of the molecule is C#CC#CC1(O)CCN(C)C(C)(C)C1. The van der Waals surface area contributed by atoms with E-state index < -0.39 is 5.60 Å². The number of aliphatic hydroxyl groups is 1. The number of likely N-dealkylation sites (tertiary alicyclic amines) is 1. The summed E-state index contributed by atoms with van der Waals surface area (Å²) in [5.41, 5.74) is -0.918. The van der Waals surface area contributed by atoms with E-state index in [0.717, 1.165) is 6.54 Å². The molecular formula is C12H17NO. The van der Waals surface area contributed by atoms with Crippen molar-refractivity contribution in [2.24, 2.45) is 0 Å². The van der Waals surface area contributed by atoms with Crippen LogP contribution in [0.3, 0.4) is 0 Å². The molecule has 1 atom stereocenters. The first-order valence-corrected chi connectivity index (χ1v) is 4.81. The van der Waals surface area contributed by atoms with Crippen LogP contribution in [-0.4, -0.2) is 34.7 Å². The fourth-order valence-corrected chi connectivity index (χ4v) is 1.85. The predicted octanol–water partition coefficient (Wildman–Crippen LogP) is 0.858. The number of hydrogen-bond acceptors (Lipinski definition) is 2. The summed E-state index contributed by atoms with van der Waals surface area (Å²) in [5, 5.41) is 10.2. The third-order valence-electron chi connectivity index (χ3n) is 2.99. The van der Waals surface area contributed by atoms with Crippen molar-refractivity contribution in [1.29, 1.82) is 0 Å². The Morgan fingerprint density at radius 3 is 2.57 bits per heavy atom. The van der Waals surface area contributed by atoms with E-state index in [2.05, 4.69) is 43.6 Å². The normalized spacial score (nSPS) is 31.4. The number of hydrogen-bond donors (Lipinski definition) is 1. The van der Waals surface area contributed by atoms with E-state index in [9.17, 15) is 5.11 Å². The summed E-state index contributed by atoms with van der Waals surface area (Å²) in [6.07, 6.45) is 6.37. The first-order valence-electron chi connectivity index (χ1n) is 4.81. The Morgan fingerprint density at radius 2 is 2.07 bits per heavy atom. The lowest BCUT2D eigenvalue weighted by Gasteiger charge is -2.45. The zero-order chi connectivity index (χ0) is 10.8. The van der Waals surface area contributed by atoms with Gasteiger partial charge in [-0.25, -0.2) is 0 Å². The summed E-state index contributed by atoms with van der Waals surface area (Å²) in [5.74, 6) is 7.53. The molecule has 1 fully saturated rings. The van der Waals surface area contributed by atoms with Gasteiger partial charge in [0.1, 0.15) is 5.60 Å². The van der Waals surface area contributed by atoms with Crippen molar-refractivity contribution in [2.45, 2.75) is 37.8 Å². The van der Waals surface area contributed by atoms with Crippen molar-refractivity contribution in [3.05, 3.63) is 0 Å². The van der Waals surface area contributed by atoms with E-state index in [4.69, 9.17) is 6.42 Å². The summed E-state index contributed by atoms with van der Waals surface area (Å²) in [6, 6.07) is 0. The third kappa shape index (κ3) is 2.29. The van der Waals surface area contributed by atoms with Crippen molar-refractivity contribution in [3.8, 4) is 24.2 Å². The fourth-order valence-electron chi connectivity index (χ4n) is 1.85. The van der Waals surface area contributed by atoms with Crippen LogP contribution in [0.5, 0.6) is 0 Å². The van der Waals surface area contributed by atoms with Crippen molar-refractivity contribution in [2.75, 3.05) is 13.6 Å². The zero-order valence-corrected chi connectivity index (χ0v) is 9.09. The van der Waals surface area contributed by atoms with Gasteiger partial charge in [-0.05, 0) is 32.7 Å². The largest absolute Gasteiger partial charge is 0.377 e. The third-order valence-corrected chi connectivity index (χ3v) is 2.99. The molecule has 1 rings (SSSR count). The van der Waals surface area contributed by atoms with Gasteiger partial charge >= 0.3 is 0 Å². The fraction of sp³-hybridized carbons (Fsp3) is 0.667. The van der Waals surface area contributed by atoms with Gasteiger partial charge in [0, 0.05) is 24.9 Å². The van der Waals surface area contributed by atoms with E-state index in [0.29, 0.717) is 12.8 Å². The summed E-state index contributed by atoms with van der Waals surface area (Å²) in [4.78, 5) is 2.24. The Balaban J connectivity index is 2.82. The molecule has 0 saturated carbocycles. The molecule has 0 radical (unpaired) electrons. The average molecular weight is 191 g/mol. The first kappa shape index (κ1) is 11.1. The maximum atomic E-state index is 10.2. The highest BCUT2D eigenvalue weighted by atomic mass is 16.3. The standard InChI is InChI=1S/C12H17NO/c1-5-6-7-12(14)8-9-13(4)11(2,3)10-12/h1,14H,8-10H2,2-4H3. The number of rotatable bonds is 0. The van der Waals surface area contributed by atoms with Gasteiger partial charge in [-0.2, -0.15) is 0 Å². The predicted molar refractivity (Wildman–Crippen MR) is 57.5 cm³/mol. The van der Waals surface area contributed by atoms with Crippen LogP contribution in [0.2, 0.25) is 0 Å². The quantitative estimate of drug-likeness (QED) is 0.574. The lowest BCUT2D eigenvalue weighted by molar-refractivity contribution is -0.0291. The first-order chi connectivity index (χ1) is 6.40. The summed E-state index contributed by atoms with van der Waals surface area (Å²) in [6.45, 7) is 5.06. The molecule has 1 heterocycles. The molecule has 1 aliphatic heterocycles. The molecule has 1 unspecified atom stereocenters. The second kappa shape index (κ2) is 3.65. The molecule has 0 aliphatic carbocycles. The van der Waals surface area contributed by atoms with Crippen LogP contribution in [0.25, 0.3) is 0 Å². The Kier molecular flexibility index (Phi) is 2.90. The van der Waals surface area contributed by atoms with Gasteiger partial charge < -0.3 is 10.0 Å². The number of piperidine rings is 1. The van der Waals surface area contributed by atoms with Crippen LogP contribution < -0.4 is 0 Å². The van der Waals surface area contributed by atoms with Gasteiger partial charge in [0.2, 0.25) is 0 Å². The Morgan fingerprint density at radius 1 is 1.43 bits per heavy atom. The minimum atomic E-state index is -0.900. The van der Waals surface area contributed by atoms with Gasteiger partial charge in [-0.1, -0.05) is 5.92 Å². The van der Waals surface area contributed by atoms with E-state index >= 15 is 0 Å². The van der Waals surface area contributed by atoms with E-state index in [1.165, 1.54) is 0 Å². The Bertz CT molecular complexity index is 315. The number of terminal acetylenes is 1. The van der Waals surface area contributed by atoms with Crippen molar-refractivity contribution in [1.82, 2.24) is 4.90 Å². The van der Waals surface area contributed by atoms with Gasteiger partial charge in [0.05, 0.1) is 0 Å². The molecule has 0 amide bonds. The molecule has 0 aromatic carbocycles. The molecule has 14 heavy (non-hydrogen) atoms. The van der Waals surface area contributed by atoms with Crippen molar-refractivity contribution in [3.63, 3.8) is 0 Å². The number of nitrogens with zero attached hydrogens (tertiary/aromatic N) is 1. The lowest BCUT2D eigenvalue weighted by atomic mass is 9.80. The molecule has 0 aromatic rings. The minimum absolute atomic E-state index is 0.0176. The molecule has 0 bridgehead atoms. The van der Waals surface area contributed by atoms with Gasteiger partial charge in [-0.3, -0.25) is 0 Å². The molecular weight excluding hydrogens is 174 g/mol. The summed E-state index contributed by atoms with van der Waals surface area (Å²) < 4.78 is 0. The van der Waals surface area contributed by atoms with Gasteiger partial charge in [0.15, 0.2) is 0 Å². The van der Waals surface area contributed by atoms with Crippen LogP contribution >= 0.6 is 0 Å². The summed E-state index contributed by atoms with van der Waals surface area (Å²) >= 11 is 0. The van der Waals surface area contributed by atoms with Crippen molar-refractivity contribution >= 4 is 0 Å². The van der Waals surface area contributed by atoms with E-state index in [1.807, 2.05) is 0 Å². The second-order valence-corrected chi connectivity index (χ2v) is 4.59. The van der Waals surface area contributed by atoms with Crippen LogP contribution in [0.15, 0.2) is 0 Å². The Labute approximate surface area is 86.3 Å². The highest BCUT2D eigenvalue weighted by Gasteiger charge is 2.40. The maximum absolute atomic E-state index is 10.2. The molecule has 2 nitrogen and oxygen atoms in total. The topological polar surface area (TPSA) is 23.5 Å². The molecule has 0 aromatic heterocycles. The second-order valence-electron chi connectivity index (χ2n) is 4.59. The van der Waals surface area contributed by atoms with Crippen LogP contribution in [-0.2, 0) is 0 Å². The van der Waals surface area contributed by atoms with Crippen LogP contribution in [0, 0.1) is 24.2 Å². The molecule has 1 saturated heterocycles. The zero-order valence-electron chi connectivity index (χ0n) is 9.09. The van der Waals surface area contributed by atoms with Crippen LogP contribution in [0.4, 0.5) is 0 Å². The average Bonchev–Trinajstić information content (AvgIpc) is 2.08. The molecule has 2 heteroatoms. The Hall–Kier alpha value is -0.960. The molecule has 76 valence electrons. The van der Waals surface area contributed by atoms with Gasteiger partial charge in [0.25, 0.3) is 0 Å². The minimum Gasteiger partial charge on any atom is -0.377 e. The molecule has 0 spiro atoms. The highest BCUT2D eigenvalue weighted by molar-refractivity contribution is 5.28. The smallest absolute Gasteiger partial charge is 0.129 e. The molecule has 1 aliphatic rings. The van der Waals surface area contributed by atoms with Crippen molar-refractivity contribution < 1.29 is 5.11 Å². The highest BCUT2D eigenvalue weighted by Crippen LogP contribution is 2.32. The van der Waals surface area contributed by atoms with Crippen LogP contribution in [0.1, 0.15) is 26.7 Å². The molecule has 1 N–H and O–H groups in total. The van der Waals surface area contributed by atoms with Gasteiger partial charge in [-0.15, -0.1) is 6.42 Å². The maximum Gasteiger partial charge on any atom is 0.129 e. The summed E-state index contributed by atoms with van der Waals surface area (Å²) in [7, 11) is 2.06. The monoisotopic (exact) mass is 191 g/mol.